The number of aromatic carboxylic acids is 1. The number of nitrogens with zero attached hydrogens (tertiary/aromatic N) is 1. The van der Waals surface area contributed by atoms with E-state index < -0.39 is 5.97 Å². The zero-order chi connectivity index (χ0) is 12.7. The van der Waals surface area contributed by atoms with Gasteiger partial charge in [-0.05, 0) is 28.1 Å². The number of halogens is 1. The summed E-state index contributed by atoms with van der Waals surface area (Å²) in [7, 11) is 0. The Hall–Kier alpha value is -2.08. The van der Waals surface area contributed by atoms with Gasteiger partial charge in [-0.25, -0.2) is 4.79 Å². The van der Waals surface area contributed by atoms with Gasteiger partial charge in [0.1, 0.15) is 5.56 Å². The van der Waals surface area contributed by atoms with Crippen LogP contribution in [-0.2, 0) is 0 Å². The minimum Gasteiger partial charge on any atom is -0.478 e. The summed E-state index contributed by atoms with van der Waals surface area (Å²) in [6, 6.07) is 7.69. The summed E-state index contributed by atoms with van der Waals surface area (Å²) in [5.41, 5.74) is 2.26. The zero-order valence-corrected chi connectivity index (χ0v) is 10.7. The zero-order valence-electron chi connectivity index (χ0n) is 9.07. The van der Waals surface area contributed by atoms with Gasteiger partial charge in [0.05, 0.1) is 23.1 Å². The van der Waals surface area contributed by atoms with Crippen molar-refractivity contribution >= 4 is 32.8 Å². The highest BCUT2D eigenvalue weighted by Gasteiger charge is 2.16. The lowest BCUT2D eigenvalue weighted by molar-refractivity contribution is 0.0698. The number of aromatic nitrogens is 3. The maximum Gasteiger partial charge on any atom is 0.339 e. The molecular weight excluding hydrogens is 298 g/mol. The summed E-state index contributed by atoms with van der Waals surface area (Å²) in [5.74, 6) is -1.00. The van der Waals surface area contributed by atoms with Gasteiger partial charge in [-0.15, -0.1) is 0 Å². The van der Waals surface area contributed by atoms with E-state index in [0.717, 1.165) is 15.4 Å². The first-order chi connectivity index (χ1) is 8.66. The number of hydrogen-bond acceptors (Lipinski definition) is 2. The molecule has 0 radical (unpaired) electrons. The van der Waals surface area contributed by atoms with Crippen LogP contribution in [0.5, 0.6) is 0 Å². The van der Waals surface area contributed by atoms with Crippen LogP contribution in [0.1, 0.15) is 10.4 Å². The highest BCUT2D eigenvalue weighted by Crippen LogP contribution is 2.29. The number of para-hydroxylation sites is 1. The molecule has 0 unspecified atom stereocenters. The SMILES string of the molecule is O=C(O)c1cn[nH]c1-c1cc2cccc(Br)c2[nH]1. The Labute approximate surface area is 110 Å². The van der Waals surface area contributed by atoms with Gasteiger partial charge in [0.2, 0.25) is 0 Å². The van der Waals surface area contributed by atoms with E-state index in [4.69, 9.17) is 5.11 Å². The van der Waals surface area contributed by atoms with Crippen LogP contribution in [0, 0.1) is 0 Å². The van der Waals surface area contributed by atoms with Crippen LogP contribution in [0.3, 0.4) is 0 Å². The van der Waals surface area contributed by atoms with Gasteiger partial charge in [0.25, 0.3) is 0 Å². The summed E-state index contributed by atoms with van der Waals surface area (Å²) in [6.45, 7) is 0. The highest BCUT2D eigenvalue weighted by molar-refractivity contribution is 9.10. The van der Waals surface area contributed by atoms with Crippen LogP contribution >= 0.6 is 15.9 Å². The number of carbonyl (C=O) groups is 1. The van der Waals surface area contributed by atoms with Crippen LogP contribution in [0.4, 0.5) is 0 Å². The topological polar surface area (TPSA) is 81.8 Å². The molecule has 0 bridgehead atoms. The third kappa shape index (κ3) is 1.62. The first-order valence-corrected chi connectivity index (χ1v) is 6.00. The third-order valence-corrected chi connectivity index (χ3v) is 3.41. The molecule has 0 fully saturated rings. The molecule has 0 amide bonds. The molecule has 0 aliphatic rings. The largest absolute Gasteiger partial charge is 0.478 e. The predicted octanol–water partition coefficient (Wildman–Crippen LogP) is 3.02. The molecule has 3 aromatic rings. The van der Waals surface area contributed by atoms with E-state index >= 15 is 0 Å². The summed E-state index contributed by atoms with van der Waals surface area (Å²) in [4.78, 5) is 14.2. The van der Waals surface area contributed by atoms with Gasteiger partial charge in [-0.3, -0.25) is 5.10 Å². The van der Waals surface area contributed by atoms with Gasteiger partial charge in [0, 0.05) is 9.86 Å². The van der Waals surface area contributed by atoms with Gasteiger partial charge >= 0.3 is 5.97 Å². The average molecular weight is 306 g/mol. The lowest BCUT2D eigenvalue weighted by Crippen LogP contribution is -1.96. The van der Waals surface area contributed by atoms with E-state index in [0.29, 0.717) is 11.4 Å². The van der Waals surface area contributed by atoms with Crippen molar-refractivity contribution in [2.24, 2.45) is 0 Å². The quantitative estimate of drug-likeness (QED) is 0.680. The van der Waals surface area contributed by atoms with Crippen molar-refractivity contribution in [2.75, 3.05) is 0 Å². The van der Waals surface area contributed by atoms with E-state index in [9.17, 15) is 4.79 Å². The Morgan fingerprint density at radius 1 is 1.39 bits per heavy atom. The van der Waals surface area contributed by atoms with Crippen molar-refractivity contribution in [2.45, 2.75) is 0 Å². The van der Waals surface area contributed by atoms with Crippen molar-refractivity contribution in [1.82, 2.24) is 15.2 Å². The Kier molecular flexibility index (Phi) is 2.45. The molecule has 5 nitrogen and oxygen atoms in total. The van der Waals surface area contributed by atoms with Crippen LogP contribution in [0.25, 0.3) is 22.3 Å². The Morgan fingerprint density at radius 2 is 2.22 bits per heavy atom. The monoisotopic (exact) mass is 305 g/mol. The average Bonchev–Trinajstić information content (AvgIpc) is 2.95. The van der Waals surface area contributed by atoms with E-state index in [1.54, 1.807) is 0 Å². The number of carboxylic acid groups (broad SMARTS) is 1. The number of hydrogen-bond donors (Lipinski definition) is 3. The van der Waals surface area contributed by atoms with E-state index in [-0.39, 0.29) is 5.56 Å². The van der Waals surface area contributed by atoms with Gasteiger partial charge in [0.15, 0.2) is 0 Å². The molecule has 90 valence electrons. The molecule has 0 aliphatic carbocycles. The molecule has 0 saturated heterocycles. The first kappa shape index (κ1) is 11.0. The highest BCUT2D eigenvalue weighted by atomic mass is 79.9. The van der Waals surface area contributed by atoms with Gasteiger partial charge in [-0.1, -0.05) is 12.1 Å². The maximum absolute atomic E-state index is 11.1. The number of nitrogens with one attached hydrogen (secondary N) is 2. The summed E-state index contributed by atoms with van der Waals surface area (Å²) < 4.78 is 0.933. The van der Waals surface area contributed by atoms with Crippen LogP contribution in [0.15, 0.2) is 34.9 Å². The Morgan fingerprint density at radius 3 is 2.94 bits per heavy atom. The standard InChI is InChI=1S/C12H8BrN3O2/c13-8-3-1-2-6-4-9(15-10(6)8)11-7(12(17)18)5-14-16-11/h1-5,15H,(H,14,16)(H,17,18). The maximum atomic E-state index is 11.1. The molecule has 2 heterocycles. The molecule has 0 atom stereocenters. The molecule has 2 aromatic heterocycles. The molecule has 0 saturated carbocycles. The third-order valence-electron chi connectivity index (χ3n) is 2.74. The number of carboxylic acids is 1. The fourth-order valence-electron chi connectivity index (χ4n) is 1.91. The van der Waals surface area contributed by atoms with Gasteiger partial charge < -0.3 is 10.1 Å². The fraction of sp³-hybridized carbons (Fsp3) is 0. The van der Waals surface area contributed by atoms with Crippen molar-refractivity contribution in [3.8, 4) is 11.4 Å². The predicted molar refractivity (Wildman–Crippen MR) is 70.5 cm³/mol. The summed E-state index contributed by atoms with van der Waals surface area (Å²) in [6.07, 6.45) is 1.30. The Bertz CT molecular complexity index is 745. The smallest absolute Gasteiger partial charge is 0.339 e. The first-order valence-electron chi connectivity index (χ1n) is 5.21. The molecule has 3 N–H and O–H groups in total. The van der Waals surface area contributed by atoms with Crippen LogP contribution in [-0.4, -0.2) is 26.3 Å². The molecule has 3 rings (SSSR count). The lowest BCUT2D eigenvalue weighted by atomic mass is 10.2. The molecular formula is C12H8BrN3O2. The van der Waals surface area contributed by atoms with Crippen molar-refractivity contribution in [3.63, 3.8) is 0 Å². The normalized spacial score (nSPS) is 10.9. The second-order valence-corrected chi connectivity index (χ2v) is 4.71. The van der Waals surface area contributed by atoms with Crippen LogP contribution in [0.2, 0.25) is 0 Å². The second-order valence-electron chi connectivity index (χ2n) is 3.85. The van der Waals surface area contributed by atoms with Crippen molar-refractivity contribution in [1.29, 1.82) is 0 Å². The molecule has 0 spiro atoms. The lowest BCUT2D eigenvalue weighted by Gasteiger charge is -1.95. The summed E-state index contributed by atoms with van der Waals surface area (Å²) >= 11 is 3.45. The molecule has 18 heavy (non-hydrogen) atoms. The second kappa shape index (κ2) is 3.99. The Balaban J connectivity index is 2.23. The molecule has 1 aromatic carbocycles. The molecule has 0 aliphatic heterocycles. The fourth-order valence-corrected chi connectivity index (χ4v) is 2.39. The van der Waals surface area contributed by atoms with Crippen LogP contribution < -0.4 is 0 Å². The summed E-state index contributed by atoms with van der Waals surface area (Å²) in [5, 5.41) is 16.5. The number of benzene rings is 1. The van der Waals surface area contributed by atoms with Gasteiger partial charge in [-0.2, -0.15) is 5.10 Å². The number of aromatic amines is 2. The van der Waals surface area contributed by atoms with E-state index in [1.807, 2.05) is 24.3 Å². The number of fused-ring (bicyclic) bond motifs is 1. The number of H-pyrrole nitrogens is 2. The van der Waals surface area contributed by atoms with Crippen molar-refractivity contribution in [3.05, 3.63) is 40.5 Å². The van der Waals surface area contributed by atoms with Crippen molar-refractivity contribution < 1.29 is 9.90 Å². The number of rotatable bonds is 2. The van der Waals surface area contributed by atoms with E-state index in [1.165, 1.54) is 6.20 Å². The van der Waals surface area contributed by atoms with E-state index in [2.05, 4.69) is 31.1 Å². The minimum atomic E-state index is -1.00. The molecule has 6 heteroatoms. The minimum absolute atomic E-state index is 0.151.